The molecule has 0 unspecified atom stereocenters. The molecule has 2 aromatic rings. The normalized spacial score (nSPS) is 20.8. The van der Waals surface area contributed by atoms with E-state index < -0.39 is 11.1 Å². The Balaban J connectivity index is 1.50. The molecule has 2 saturated heterocycles. The average Bonchev–Trinajstić information content (AvgIpc) is 3.03. The standard InChI is InChI=1S/C22H20ClN3O3S/c23-17-8-2-1-6-15(17)12-19-21(28)26(22(29)30-19)14-20(27)25-11-4-3-9-18(25)16-7-5-10-24-13-16/h1-2,5-8,10,12-13,18H,3-4,9,11,14H2/b19-12+/t18-/m0/s1. The van der Waals surface area contributed by atoms with E-state index in [4.69, 9.17) is 11.6 Å². The van der Waals surface area contributed by atoms with Crippen molar-refractivity contribution in [1.82, 2.24) is 14.8 Å². The number of thioether (sulfide) groups is 1. The maximum absolute atomic E-state index is 13.1. The van der Waals surface area contributed by atoms with E-state index in [1.54, 1.807) is 47.6 Å². The topological polar surface area (TPSA) is 70.6 Å². The summed E-state index contributed by atoms with van der Waals surface area (Å²) in [6.07, 6.45) is 7.82. The lowest BCUT2D eigenvalue weighted by atomic mass is 9.96. The van der Waals surface area contributed by atoms with Crippen molar-refractivity contribution in [2.24, 2.45) is 0 Å². The molecular formula is C22H20ClN3O3S. The second kappa shape index (κ2) is 9.02. The molecule has 154 valence electrons. The summed E-state index contributed by atoms with van der Waals surface area (Å²) in [7, 11) is 0. The lowest BCUT2D eigenvalue weighted by molar-refractivity contribution is -0.138. The predicted octanol–water partition coefficient (Wildman–Crippen LogP) is 4.53. The third-order valence-electron chi connectivity index (χ3n) is 5.25. The van der Waals surface area contributed by atoms with Crippen molar-refractivity contribution in [3.8, 4) is 0 Å². The third kappa shape index (κ3) is 4.27. The summed E-state index contributed by atoms with van der Waals surface area (Å²) in [4.78, 5) is 45.5. The smallest absolute Gasteiger partial charge is 0.294 e. The van der Waals surface area contributed by atoms with Crippen molar-refractivity contribution in [1.29, 1.82) is 0 Å². The molecule has 0 N–H and O–H groups in total. The maximum Gasteiger partial charge on any atom is 0.294 e. The van der Waals surface area contributed by atoms with E-state index in [9.17, 15) is 14.4 Å². The molecule has 3 heterocycles. The Morgan fingerprint density at radius 2 is 2.03 bits per heavy atom. The number of benzene rings is 1. The third-order valence-corrected chi connectivity index (χ3v) is 6.50. The van der Waals surface area contributed by atoms with E-state index in [1.165, 1.54) is 0 Å². The lowest BCUT2D eigenvalue weighted by Gasteiger charge is -2.36. The number of carbonyl (C=O) groups is 3. The Bertz CT molecular complexity index is 1010. The molecule has 1 aromatic carbocycles. The number of rotatable bonds is 4. The molecule has 4 rings (SSSR count). The van der Waals surface area contributed by atoms with Crippen LogP contribution in [0.15, 0.2) is 53.7 Å². The van der Waals surface area contributed by atoms with Crippen LogP contribution in [0.2, 0.25) is 5.02 Å². The Morgan fingerprint density at radius 3 is 2.80 bits per heavy atom. The van der Waals surface area contributed by atoms with Gasteiger partial charge in [-0.2, -0.15) is 0 Å². The first-order valence-corrected chi connectivity index (χ1v) is 10.9. The van der Waals surface area contributed by atoms with Crippen LogP contribution in [0, 0.1) is 0 Å². The van der Waals surface area contributed by atoms with Gasteiger partial charge in [0, 0.05) is 24.0 Å². The number of hydrogen-bond acceptors (Lipinski definition) is 5. The van der Waals surface area contributed by atoms with Crippen LogP contribution < -0.4 is 0 Å². The zero-order valence-electron chi connectivity index (χ0n) is 16.2. The molecule has 0 aliphatic carbocycles. The molecule has 0 bridgehead atoms. The monoisotopic (exact) mass is 441 g/mol. The van der Waals surface area contributed by atoms with Crippen molar-refractivity contribution in [2.75, 3.05) is 13.1 Å². The highest BCUT2D eigenvalue weighted by molar-refractivity contribution is 8.18. The number of piperidine rings is 1. The number of amides is 3. The summed E-state index contributed by atoms with van der Waals surface area (Å²) in [5.74, 6) is -0.696. The molecule has 8 heteroatoms. The van der Waals surface area contributed by atoms with Crippen LogP contribution in [0.5, 0.6) is 0 Å². The Kier molecular flexibility index (Phi) is 6.20. The minimum absolute atomic E-state index is 0.0847. The quantitative estimate of drug-likeness (QED) is 0.652. The van der Waals surface area contributed by atoms with Gasteiger partial charge < -0.3 is 4.90 Å². The van der Waals surface area contributed by atoms with E-state index in [1.807, 2.05) is 12.1 Å². The zero-order chi connectivity index (χ0) is 21.1. The first kappa shape index (κ1) is 20.6. The van der Waals surface area contributed by atoms with E-state index in [0.29, 0.717) is 17.1 Å². The van der Waals surface area contributed by atoms with Crippen molar-refractivity contribution in [3.63, 3.8) is 0 Å². The van der Waals surface area contributed by atoms with Gasteiger partial charge in [-0.15, -0.1) is 0 Å². The van der Waals surface area contributed by atoms with Crippen LogP contribution >= 0.6 is 23.4 Å². The fourth-order valence-electron chi connectivity index (χ4n) is 3.75. The predicted molar refractivity (Wildman–Crippen MR) is 117 cm³/mol. The number of pyridine rings is 1. The number of likely N-dealkylation sites (tertiary alicyclic amines) is 1. The van der Waals surface area contributed by atoms with Crippen molar-refractivity contribution in [3.05, 3.63) is 69.8 Å². The van der Waals surface area contributed by atoms with Crippen LogP contribution in [0.1, 0.15) is 36.4 Å². The number of hydrogen-bond donors (Lipinski definition) is 0. The highest BCUT2D eigenvalue weighted by Crippen LogP contribution is 2.35. The van der Waals surface area contributed by atoms with E-state index in [0.717, 1.165) is 41.5 Å². The Hall–Kier alpha value is -2.64. The van der Waals surface area contributed by atoms with Gasteiger partial charge in [-0.05, 0) is 60.4 Å². The molecule has 30 heavy (non-hydrogen) atoms. The molecular weight excluding hydrogens is 422 g/mol. The van der Waals surface area contributed by atoms with Gasteiger partial charge in [-0.1, -0.05) is 35.9 Å². The Morgan fingerprint density at radius 1 is 1.20 bits per heavy atom. The zero-order valence-corrected chi connectivity index (χ0v) is 17.7. The van der Waals surface area contributed by atoms with Gasteiger partial charge in [0.25, 0.3) is 11.1 Å². The molecule has 1 aromatic heterocycles. The summed E-state index contributed by atoms with van der Waals surface area (Å²) in [6.45, 7) is 0.339. The van der Waals surface area contributed by atoms with Gasteiger partial charge >= 0.3 is 0 Å². The first-order chi connectivity index (χ1) is 14.5. The minimum atomic E-state index is -0.465. The van der Waals surface area contributed by atoms with Gasteiger partial charge in [0.05, 0.1) is 10.9 Å². The molecule has 0 radical (unpaired) electrons. The molecule has 0 saturated carbocycles. The fraction of sp³-hybridized carbons (Fsp3) is 0.273. The second-order valence-corrected chi connectivity index (χ2v) is 8.57. The summed E-state index contributed by atoms with van der Waals surface area (Å²) in [6, 6.07) is 10.8. The van der Waals surface area contributed by atoms with Gasteiger partial charge in [0.1, 0.15) is 6.54 Å². The second-order valence-electron chi connectivity index (χ2n) is 7.17. The molecule has 2 aliphatic rings. The minimum Gasteiger partial charge on any atom is -0.334 e. The van der Waals surface area contributed by atoms with Crippen LogP contribution in [0.25, 0.3) is 6.08 Å². The molecule has 6 nitrogen and oxygen atoms in total. The fourth-order valence-corrected chi connectivity index (χ4v) is 4.76. The van der Waals surface area contributed by atoms with Gasteiger partial charge in [0.2, 0.25) is 5.91 Å². The number of nitrogens with zero attached hydrogens (tertiary/aromatic N) is 3. The van der Waals surface area contributed by atoms with Crippen LogP contribution in [0.3, 0.4) is 0 Å². The maximum atomic E-state index is 13.1. The van der Waals surface area contributed by atoms with E-state index >= 15 is 0 Å². The van der Waals surface area contributed by atoms with Crippen molar-refractivity contribution >= 4 is 46.5 Å². The van der Waals surface area contributed by atoms with Crippen LogP contribution in [0.4, 0.5) is 4.79 Å². The number of aromatic nitrogens is 1. The molecule has 0 spiro atoms. The van der Waals surface area contributed by atoms with Gasteiger partial charge in [0.15, 0.2) is 0 Å². The van der Waals surface area contributed by atoms with Gasteiger partial charge in [-0.25, -0.2) is 0 Å². The highest BCUT2D eigenvalue weighted by atomic mass is 35.5. The number of carbonyl (C=O) groups excluding carboxylic acids is 3. The molecule has 3 amide bonds. The number of halogens is 1. The average molecular weight is 442 g/mol. The molecule has 2 aliphatic heterocycles. The van der Waals surface area contributed by atoms with Crippen LogP contribution in [-0.2, 0) is 9.59 Å². The SMILES string of the molecule is O=C1S/C(=C/c2ccccc2Cl)C(=O)N1CC(=O)N1CCCC[C@H]1c1cccnc1. The lowest BCUT2D eigenvalue weighted by Crippen LogP contribution is -2.45. The molecule has 1 atom stereocenters. The van der Waals surface area contributed by atoms with Crippen LogP contribution in [-0.4, -0.2) is 44.9 Å². The first-order valence-electron chi connectivity index (χ1n) is 9.74. The largest absolute Gasteiger partial charge is 0.334 e. The van der Waals surface area contributed by atoms with Crippen molar-refractivity contribution in [2.45, 2.75) is 25.3 Å². The summed E-state index contributed by atoms with van der Waals surface area (Å²) in [5.41, 5.74) is 1.63. The number of imide groups is 1. The van der Waals surface area contributed by atoms with Gasteiger partial charge in [-0.3, -0.25) is 24.3 Å². The summed E-state index contributed by atoms with van der Waals surface area (Å²) >= 11 is 6.98. The summed E-state index contributed by atoms with van der Waals surface area (Å²) in [5, 5.41) is 0.0506. The Labute approximate surface area is 183 Å². The summed E-state index contributed by atoms with van der Waals surface area (Å²) < 4.78 is 0. The van der Waals surface area contributed by atoms with E-state index in [2.05, 4.69) is 4.98 Å². The highest BCUT2D eigenvalue weighted by Gasteiger charge is 2.38. The van der Waals surface area contributed by atoms with Crippen molar-refractivity contribution < 1.29 is 14.4 Å². The van der Waals surface area contributed by atoms with E-state index in [-0.39, 0.29) is 23.4 Å². The molecule has 2 fully saturated rings.